The highest BCUT2D eigenvalue weighted by Gasteiger charge is 2.60. The molecule has 2 aliphatic heterocycles. The highest BCUT2D eigenvalue weighted by atomic mass is 32.2. The predicted octanol–water partition coefficient (Wildman–Crippen LogP) is 1.37. The molecule has 1 N–H and O–H groups in total. The first-order chi connectivity index (χ1) is 11.9. The maximum Gasteiger partial charge on any atom is 0.407 e. The van der Waals surface area contributed by atoms with Crippen LogP contribution in [0, 0.1) is 5.41 Å². The number of unbranched alkanes of at least 4 members (excludes halogenated alkanes) is 1. The van der Waals surface area contributed by atoms with Crippen LogP contribution in [0.4, 0.5) is 4.79 Å². The molecule has 2 rings (SSSR count). The third-order valence-corrected chi connectivity index (χ3v) is 6.43. The quantitative estimate of drug-likeness (QED) is 0.564. The Hall–Kier alpha value is -1.90. The second-order valence-electron chi connectivity index (χ2n) is 7.73. The molecule has 8 nitrogen and oxygen atoms in total. The van der Waals surface area contributed by atoms with Gasteiger partial charge in [0.05, 0.1) is 18.1 Å². The minimum absolute atomic E-state index is 0.125. The van der Waals surface area contributed by atoms with Crippen LogP contribution in [0.3, 0.4) is 0 Å². The molecular formula is C17H26N2O6S. The topological polar surface area (TPSA) is 110 Å². The number of alkyl carbamates (subject to hydrolysis) is 1. The molecule has 0 spiro atoms. The third-order valence-electron chi connectivity index (χ3n) is 4.37. The number of ketones is 1. The summed E-state index contributed by atoms with van der Waals surface area (Å²) in [5.41, 5.74) is -0.293. The van der Waals surface area contributed by atoms with Crippen molar-refractivity contribution in [1.82, 2.24) is 10.2 Å². The lowest BCUT2D eigenvalue weighted by molar-refractivity contribution is -0.146. The number of nitrogens with one attached hydrogen (secondary N) is 1. The van der Waals surface area contributed by atoms with Gasteiger partial charge in [-0.05, 0) is 18.9 Å². The number of carbonyl (C=O) groups is 3. The van der Waals surface area contributed by atoms with Crippen LogP contribution in [-0.4, -0.2) is 54.9 Å². The van der Waals surface area contributed by atoms with E-state index in [1.165, 1.54) is 0 Å². The van der Waals surface area contributed by atoms with Gasteiger partial charge in [0.15, 0.2) is 21.0 Å². The van der Waals surface area contributed by atoms with Crippen LogP contribution in [0.25, 0.3) is 0 Å². The molecule has 2 aliphatic rings. The molecule has 2 amide bonds. The molecule has 146 valence electrons. The highest BCUT2D eigenvalue weighted by molar-refractivity contribution is 7.92. The Balaban J connectivity index is 2.26. The van der Waals surface area contributed by atoms with E-state index in [4.69, 9.17) is 4.74 Å². The van der Waals surface area contributed by atoms with Crippen molar-refractivity contribution >= 4 is 27.6 Å². The molecule has 0 aromatic rings. The van der Waals surface area contributed by atoms with Crippen LogP contribution in [-0.2, 0) is 24.2 Å². The molecule has 1 saturated heterocycles. The van der Waals surface area contributed by atoms with Gasteiger partial charge in [-0.1, -0.05) is 34.1 Å². The Morgan fingerprint density at radius 3 is 2.46 bits per heavy atom. The van der Waals surface area contributed by atoms with Crippen molar-refractivity contribution in [1.29, 1.82) is 0 Å². The van der Waals surface area contributed by atoms with Crippen LogP contribution >= 0.6 is 0 Å². The number of hydrogen-bond donors (Lipinski definition) is 1. The van der Waals surface area contributed by atoms with Gasteiger partial charge < -0.3 is 10.1 Å². The third kappa shape index (κ3) is 3.62. The lowest BCUT2D eigenvalue weighted by Gasteiger charge is -2.50. The maximum absolute atomic E-state index is 12.7. The van der Waals surface area contributed by atoms with Crippen LogP contribution in [0.1, 0.15) is 47.5 Å². The molecule has 0 radical (unpaired) electrons. The number of ether oxygens (including phenoxy) is 1. The summed E-state index contributed by atoms with van der Waals surface area (Å²) in [5, 5.41) is 1.06. The number of fused-ring (bicyclic) bond motifs is 1. The van der Waals surface area contributed by atoms with Gasteiger partial charge in [0.25, 0.3) is 5.91 Å². The Morgan fingerprint density at radius 1 is 1.31 bits per heavy atom. The number of nitrogens with zero attached hydrogens (tertiary/aromatic N) is 1. The van der Waals surface area contributed by atoms with Gasteiger partial charge in [-0.2, -0.15) is 0 Å². The van der Waals surface area contributed by atoms with Crippen molar-refractivity contribution in [3.05, 3.63) is 11.3 Å². The molecule has 1 fully saturated rings. The fourth-order valence-electron chi connectivity index (χ4n) is 3.00. The molecule has 1 unspecified atom stereocenters. The van der Waals surface area contributed by atoms with Gasteiger partial charge >= 0.3 is 6.09 Å². The number of Topliss-reactive ketones (excluding diaryl/α,β-unsaturated/α-hetero) is 1. The van der Waals surface area contributed by atoms with E-state index in [1.54, 1.807) is 27.7 Å². The van der Waals surface area contributed by atoms with E-state index in [0.29, 0.717) is 12.0 Å². The SMILES string of the molecule is CCCCOC(=O)NC1C(=O)N2C(C(=O)C(C)(C)C)=C(C)CS(=O)(=O)[C@@H]12. The maximum atomic E-state index is 12.7. The Labute approximate surface area is 153 Å². The molecule has 0 aromatic carbocycles. The molecule has 9 heteroatoms. The minimum Gasteiger partial charge on any atom is -0.450 e. The monoisotopic (exact) mass is 386 g/mol. The normalized spacial score (nSPS) is 24.7. The van der Waals surface area contributed by atoms with E-state index < -0.39 is 38.7 Å². The molecule has 26 heavy (non-hydrogen) atoms. The summed E-state index contributed by atoms with van der Waals surface area (Å²) in [6, 6.07) is -1.23. The van der Waals surface area contributed by atoms with E-state index >= 15 is 0 Å². The first-order valence-corrected chi connectivity index (χ1v) is 10.4. The molecule has 2 atom stereocenters. The molecule has 0 bridgehead atoms. The summed E-state index contributed by atoms with van der Waals surface area (Å²) in [6.45, 7) is 8.79. The average molecular weight is 386 g/mol. The average Bonchev–Trinajstić information content (AvgIpc) is 2.50. The first kappa shape index (κ1) is 20.4. The van der Waals surface area contributed by atoms with Crippen LogP contribution in [0.2, 0.25) is 0 Å². The first-order valence-electron chi connectivity index (χ1n) is 8.64. The van der Waals surface area contributed by atoms with Crippen LogP contribution in [0.15, 0.2) is 11.3 Å². The second-order valence-corrected chi connectivity index (χ2v) is 9.82. The predicted molar refractivity (Wildman–Crippen MR) is 94.8 cm³/mol. The van der Waals surface area contributed by atoms with E-state index in [-0.39, 0.29) is 23.8 Å². The van der Waals surface area contributed by atoms with Crippen molar-refractivity contribution < 1.29 is 27.5 Å². The van der Waals surface area contributed by atoms with Crippen LogP contribution in [0.5, 0.6) is 0 Å². The Morgan fingerprint density at radius 2 is 1.92 bits per heavy atom. The summed E-state index contributed by atoms with van der Waals surface area (Å²) in [5.74, 6) is -1.23. The van der Waals surface area contributed by atoms with Gasteiger partial charge in [0.2, 0.25) is 0 Å². The molecular weight excluding hydrogens is 360 g/mol. The Kier molecular flexibility index (Phi) is 5.51. The zero-order valence-corrected chi connectivity index (χ0v) is 16.6. The van der Waals surface area contributed by atoms with Gasteiger partial charge in [0, 0.05) is 5.41 Å². The van der Waals surface area contributed by atoms with Gasteiger partial charge in [-0.3, -0.25) is 14.5 Å². The summed E-state index contributed by atoms with van der Waals surface area (Å²) in [6.07, 6.45) is 0.677. The van der Waals surface area contributed by atoms with Gasteiger partial charge in [-0.15, -0.1) is 0 Å². The molecule has 2 heterocycles. The number of hydrogen-bond acceptors (Lipinski definition) is 6. The zero-order chi connectivity index (χ0) is 19.9. The number of sulfone groups is 1. The Bertz CT molecular complexity index is 763. The van der Waals surface area contributed by atoms with Crippen molar-refractivity contribution in [2.75, 3.05) is 12.4 Å². The largest absolute Gasteiger partial charge is 0.450 e. The summed E-state index contributed by atoms with van der Waals surface area (Å²) < 4.78 is 30.0. The van der Waals surface area contributed by atoms with Crippen molar-refractivity contribution in [3.63, 3.8) is 0 Å². The van der Waals surface area contributed by atoms with Crippen molar-refractivity contribution in [2.45, 2.75) is 58.9 Å². The summed E-state index contributed by atoms with van der Waals surface area (Å²) in [4.78, 5) is 38.1. The lowest BCUT2D eigenvalue weighted by atomic mass is 9.85. The zero-order valence-electron chi connectivity index (χ0n) is 15.8. The second kappa shape index (κ2) is 7.02. The van der Waals surface area contributed by atoms with E-state index in [1.807, 2.05) is 6.92 Å². The van der Waals surface area contributed by atoms with Crippen LogP contribution < -0.4 is 5.32 Å². The number of rotatable bonds is 5. The number of allylic oxidation sites excluding steroid dienone is 1. The fraction of sp³-hybridized carbons (Fsp3) is 0.706. The number of amides is 2. The fourth-order valence-corrected chi connectivity index (χ4v) is 5.04. The summed E-state index contributed by atoms with van der Waals surface area (Å²) >= 11 is 0. The van der Waals surface area contributed by atoms with Crippen molar-refractivity contribution in [3.8, 4) is 0 Å². The van der Waals surface area contributed by atoms with Gasteiger partial charge in [0.1, 0.15) is 6.04 Å². The highest BCUT2D eigenvalue weighted by Crippen LogP contribution is 2.39. The smallest absolute Gasteiger partial charge is 0.407 e. The molecule has 0 saturated carbocycles. The van der Waals surface area contributed by atoms with E-state index in [0.717, 1.165) is 11.3 Å². The minimum atomic E-state index is -3.71. The summed E-state index contributed by atoms with van der Waals surface area (Å²) in [7, 11) is -3.71. The molecule has 0 aliphatic carbocycles. The number of β-lactam (4-membered cyclic amide) rings is 1. The van der Waals surface area contributed by atoms with E-state index in [2.05, 4.69) is 5.32 Å². The number of carbonyl (C=O) groups excluding carboxylic acids is 3. The van der Waals surface area contributed by atoms with Gasteiger partial charge in [-0.25, -0.2) is 13.2 Å². The van der Waals surface area contributed by atoms with Crippen molar-refractivity contribution in [2.24, 2.45) is 5.41 Å². The van der Waals surface area contributed by atoms with E-state index in [9.17, 15) is 22.8 Å². The molecule has 0 aromatic heterocycles. The lowest BCUT2D eigenvalue weighted by Crippen LogP contribution is -2.75. The standard InChI is InChI=1S/C17H26N2O6S/c1-6-7-8-25-16(22)18-11-14(21)19-12(13(20)17(3,4)5)10(2)9-26(23,24)15(11)19/h11,15H,6-9H2,1-5H3,(H,18,22)/t11?,15-/m0/s1.